The second kappa shape index (κ2) is 18.3. The number of aromatic nitrogens is 2. The minimum atomic E-state index is -0.988. The molecule has 4 heterocycles. The van der Waals surface area contributed by atoms with E-state index in [2.05, 4.69) is 38.1 Å². The molecular formula is C46H48N6O7. The number of likely N-dealkylation sites (tertiary alicyclic amines) is 1. The number of hydrogen-bond acceptors (Lipinski definition) is 11. The van der Waals surface area contributed by atoms with Crippen molar-refractivity contribution < 1.29 is 33.7 Å². The Kier molecular flexibility index (Phi) is 12.3. The maximum absolute atomic E-state index is 13.3. The molecule has 3 fully saturated rings. The van der Waals surface area contributed by atoms with Crippen LogP contribution in [-0.2, 0) is 43.6 Å². The van der Waals surface area contributed by atoms with Crippen LogP contribution >= 0.6 is 0 Å². The van der Waals surface area contributed by atoms with Gasteiger partial charge in [-0.1, -0.05) is 97.9 Å². The van der Waals surface area contributed by atoms with Crippen molar-refractivity contribution in [3.63, 3.8) is 0 Å². The number of amides is 3. The Hall–Kier alpha value is -5.99. The zero-order chi connectivity index (χ0) is 40.7. The molecule has 1 unspecified atom stereocenters. The Bertz CT molecular complexity index is 2220. The van der Waals surface area contributed by atoms with Crippen molar-refractivity contribution in [1.82, 2.24) is 25.1 Å². The van der Waals surface area contributed by atoms with Gasteiger partial charge in [0, 0.05) is 56.6 Å². The summed E-state index contributed by atoms with van der Waals surface area (Å²) in [6.07, 6.45) is 1.62. The largest absolute Gasteiger partial charge is 0.445 e. The fourth-order valence-corrected chi connectivity index (χ4v) is 7.93. The Balaban J connectivity index is 0.951. The molecule has 3 amide bonds. The molecule has 13 heteroatoms. The van der Waals surface area contributed by atoms with Crippen LogP contribution in [0.5, 0.6) is 0 Å². The number of imide groups is 1. The third kappa shape index (κ3) is 9.50. The highest BCUT2D eigenvalue weighted by Crippen LogP contribution is 2.42. The maximum atomic E-state index is 13.3. The van der Waals surface area contributed by atoms with Crippen LogP contribution in [0.1, 0.15) is 53.6 Å². The minimum Gasteiger partial charge on any atom is -0.445 e. The smallest absolute Gasteiger partial charge is 0.408 e. The summed E-state index contributed by atoms with van der Waals surface area (Å²) in [7, 11) is 0. The molecule has 3 aliphatic heterocycles. The molecule has 5 aromatic rings. The van der Waals surface area contributed by atoms with Gasteiger partial charge in [0.2, 0.25) is 11.9 Å². The molecular weight excluding hydrogens is 749 g/mol. The van der Waals surface area contributed by atoms with Crippen LogP contribution in [0.4, 0.5) is 10.7 Å². The molecule has 304 valence electrons. The van der Waals surface area contributed by atoms with Crippen LogP contribution in [0.2, 0.25) is 0 Å². The van der Waals surface area contributed by atoms with Gasteiger partial charge in [-0.15, -0.1) is 0 Å². The molecule has 0 spiro atoms. The molecule has 3 saturated heterocycles. The van der Waals surface area contributed by atoms with E-state index in [0.717, 1.165) is 77.6 Å². The van der Waals surface area contributed by atoms with Crippen molar-refractivity contribution in [2.75, 3.05) is 37.6 Å². The molecule has 59 heavy (non-hydrogen) atoms. The predicted molar refractivity (Wildman–Crippen MR) is 219 cm³/mol. The quantitative estimate of drug-likeness (QED) is 0.148. The number of hydrogen-bond donors (Lipinski definition) is 2. The van der Waals surface area contributed by atoms with Crippen molar-refractivity contribution in [2.24, 2.45) is 5.92 Å². The summed E-state index contributed by atoms with van der Waals surface area (Å²) in [5.41, 5.74) is 6.14. The van der Waals surface area contributed by atoms with Crippen molar-refractivity contribution in [3.8, 4) is 11.1 Å². The van der Waals surface area contributed by atoms with Crippen LogP contribution in [0.3, 0.4) is 0 Å². The van der Waals surface area contributed by atoms with Crippen molar-refractivity contribution in [1.29, 1.82) is 0 Å². The summed E-state index contributed by atoms with van der Waals surface area (Å²) in [6, 6.07) is 33.8. The van der Waals surface area contributed by atoms with Gasteiger partial charge < -0.3 is 29.5 Å². The second-order valence-electron chi connectivity index (χ2n) is 15.3. The van der Waals surface area contributed by atoms with Gasteiger partial charge in [0.25, 0.3) is 5.91 Å². The summed E-state index contributed by atoms with van der Waals surface area (Å²) in [5.74, 6) is -0.0502. The number of alkyl carbamates (subject to hydrolysis) is 1. The second-order valence-corrected chi connectivity index (χ2v) is 15.3. The van der Waals surface area contributed by atoms with Crippen LogP contribution in [0.25, 0.3) is 11.1 Å². The van der Waals surface area contributed by atoms with Crippen LogP contribution in [0, 0.1) is 5.92 Å². The lowest BCUT2D eigenvalue weighted by Gasteiger charge is -2.44. The Labute approximate surface area is 343 Å². The van der Waals surface area contributed by atoms with E-state index in [1.165, 1.54) is 4.90 Å². The average Bonchev–Trinajstić information content (AvgIpc) is 3.54. The summed E-state index contributed by atoms with van der Waals surface area (Å²) in [5, 5.41) is 12.3. The zero-order valence-corrected chi connectivity index (χ0v) is 32.9. The normalized spacial score (nSPS) is 22.4. The first-order valence-electron chi connectivity index (χ1n) is 20.1. The Morgan fingerprint density at radius 3 is 2.25 bits per heavy atom. The van der Waals surface area contributed by atoms with Gasteiger partial charge in [0.15, 0.2) is 6.29 Å². The number of nitrogens with one attached hydrogen (secondary N) is 1. The average molecular weight is 797 g/mol. The predicted octanol–water partition coefficient (Wildman–Crippen LogP) is 5.80. The SMILES string of the molecule is C[C@@H]1[C@H](CN2CCN(c3ncccn3)CC2)O[C@H](c2cccc(-c3cccc(CN4C(=O)CC(NC(=O)OCc5ccccc5)C4=O)c3)c2)O[C@@H]1c1ccc(CO)cc1. The monoisotopic (exact) mass is 796 g/mol. The van der Waals surface area contributed by atoms with Gasteiger partial charge in [-0.3, -0.25) is 19.4 Å². The summed E-state index contributed by atoms with van der Waals surface area (Å²) < 4.78 is 18.9. The Morgan fingerprint density at radius 1 is 0.797 bits per heavy atom. The van der Waals surface area contributed by atoms with E-state index in [1.807, 2.05) is 103 Å². The van der Waals surface area contributed by atoms with Gasteiger partial charge >= 0.3 is 6.09 Å². The number of anilines is 1. The Morgan fingerprint density at radius 2 is 1.51 bits per heavy atom. The van der Waals surface area contributed by atoms with Gasteiger partial charge in [-0.05, 0) is 51.6 Å². The number of ether oxygens (including phenoxy) is 3. The number of carbonyl (C=O) groups is 3. The van der Waals surface area contributed by atoms with E-state index in [9.17, 15) is 19.5 Å². The van der Waals surface area contributed by atoms with Gasteiger partial charge in [0.1, 0.15) is 12.6 Å². The fraction of sp³-hybridized carbons (Fsp3) is 0.326. The number of carbonyl (C=O) groups excluding carboxylic acids is 3. The molecule has 4 aromatic carbocycles. The zero-order valence-electron chi connectivity index (χ0n) is 32.9. The van der Waals surface area contributed by atoms with E-state index in [1.54, 1.807) is 12.4 Å². The summed E-state index contributed by atoms with van der Waals surface area (Å²) in [6.45, 7) is 6.35. The molecule has 13 nitrogen and oxygen atoms in total. The molecule has 0 radical (unpaired) electrons. The maximum Gasteiger partial charge on any atom is 0.408 e. The highest BCUT2D eigenvalue weighted by molar-refractivity contribution is 6.06. The van der Waals surface area contributed by atoms with Gasteiger partial charge in [0.05, 0.1) is 31.8 Å². The topological polar surface area (TPSA) is 147 Å². The number of benzene rings is 4. The first-order valence-corrected chi connectivity index (χ1v) is 20.1. The van der Waals surface area contributed by atoms with Crippen molar-refractivity contribution >= 4 is 23.9 Å². The lowest BCUT2D eigenvalue weighted by atomic mass is 9.89. The van der Waals surface area contributed by atoms with E-state index in [4.69, 9.17) is 14.2 Å². The van der Waals surface area contributed by atoms with Crippen LogP contribution < -0.4 is 10.2 Å². The first-order chi connectivity index (χ1) is 28.8. The standard InChI is InChI=1S/C46H48N6O7/c1-31-40(28-50-20-22-51(23-21-50)45-47-18-7-19-48-45)58-44(59-42(31)35-16-14-32(29-53)15-17-35)38-13-6-12-37(25-38)36-11-5-10-34(24-36)27-52-41(54)26-39(43(52)55)49-46(56)57-30-33-8-3-2-4-9-33/h2-19,24-25,31,39-40,42,44,53H,20-23,26-30H2,1H3,(H,49,56)/t31-,39?,40+,42+,44+/m1/s1. The van der Waals surface area contributed by atoms with E-state index in [0.29, 0.717) is 0 Å². The molecule has 3 aliphatic rings. The molecule has 0 bridgehead atoms. The fourth-order valence-electron chi connectivity index (χ4n) is 7.93. The number of nitrogens with zero attached hydrogens (tertiary/aromatic N) is 5. The molecule has 1 aromatic heterocycles. The van der Waals surface area contributed by atoms with Crippen molar-refractivity contribution in [3.05, 3.63) is 149 Å². The third-order valence-corrected chi connectivity index (χ3v) is 11.3. The van der Waals surface area contributed by atoms with Crippen LogP contribution in [-0.4, -0.2) is 87.7 Å². The first kappa shape index (κ1) is 39.8. The molecule has 0 saturated carbocycles. The molecule has 0 aliphatic carbocycles. The van der Waals surface area contributed by atoms with Gasteiger partial charge in [-0.2, -0.15) is 0 Å². The lowest BCUT2D eigenvalue weighted by Crippen LogP contribution is -2.51. The third-order valence-electron chi connectivity index (χ3n) is 11.3. The van der Waals surface area contributed by atoms with Gasteiger partial charge in [-0.25, -0.2) is 14.8 Å². The van der Waals surface area contributed by atoms with E-state index < -0.39 is 24.3 Å². The number of rotatable bonds is 12. The van der Waals surface area contributed by atoms with E-state index >= 15 is 0 Å². The number of piperazine rings is 1. The molecule has 8 rings (SSSR count). The van der Waals surface area contributed by atoms with Crippen molar-refractivity contribution in [2.45, 2.75) is 57.6 Å². The number of aliphatic hydroxyl groups is 1. The molecule has 5 atom stereocenters. The van der Waals surface area contributed by atoms with E-state index in [-0.39, 0.29) is 50.2 Å². The molecule has 2 N–H and O–H groups in total. The lowest BCUT2D eigenvalue weighted by molar-refractivity contribution is -0.276. The minimum absolute atomic E-state index is 0.0297. The van der Waals surface area contributed by atoms with Crippen LogP contribution in [0.15, 0.2) is 122 Å². The highest BCUT2D eigenvalue weighted by Gasteiger charge is 2.41. The summed E-state index contributed by atoms with van der Waals surface area (Å²) >= 11 is 0. The summed E-state index contributed by atoms with van der Waals surface area (Å²) in [4.78, 5) is 53.5. The number of aliphatic hydroxyl groups excluding tert-OH is 1. The highest BCUT2D eigenvalue weighted by atomic mass is 16.7.